The average molecular weight is 3070 g/mol. The van der Waals surface area contributed by atoms with Crippen molar-refractivity contribution >= 4 is 801 Å². The molecule has 54 atom stereocenters. The Hall–Kier alpha value is 40.5. The molecule has 0 heterocycles. The standard InChI is InChI=1S/B8H103P93/c9-60-96(85(38)39)68(97(86(40)41)87(42)43)8(67(83(34)35)84(36)37)3(7(65(79(26)27)80(28)29)66(81(30)31)82(32)33)1(2(5(61(71(10)11)72(12)13)62(73(14)15)74(16)17)6(63(75(18)19)76(20)21)64(77(22)23)78(24)25)4(69(98(88(44)45)89(46)47)99(90(48)49)91(50)51)70(100(92(52)53)93(54)55)101(94(56)57)95(58)59/h60H,9-59H2. The molecule has 0 amide bonds. The van der Waals surface area contributed by atoms with Crippen molar-refractivity contribution in [2.45, 2.75) is 0 Å². The summed E-state index contributed by atoms with van der Waals surface area (Å²) in [6.07, 6.45) is 1.50. The Kier molecular flexibility index (Phi) is 108. The summed E-state index contributed by atoms with van der Waals surface area (Å²) in [4.78, 5) is 0. The van der Waals surface area contributed by atoms with Crippen LogP contribution in [-0.2, 0) is 0 Å². The second-order valence-corrected chi connectivity index (χ2v) is 360. The third kappa shape index (κ3) is 49.0. The summed E-state index contributed by atoms with van der Waals surface area (Å²) in [5, 5.41) is 0. The molecule has 0 aromatic heterocycles. The summed E-state index contributed by atoms with van der Waals surface area (Å²) in [5.41, 5.74) is 0. The van der Waals surface area contributed by atoms with Crippen molar-refractivity contribution in [1.29, 1.82) is 0 Å². The van der Waals surface area contributed by atoms with Crippen LogP contribution < -0.4 is 0 Å². The minimum Gasteiger partial charge on any atom is -0.109 e. The van der Waals surface area contributed by atoms with Crippen molar-refractivity contribution in [3.8, 4) is 0 Å². The normalized spacial score (nSPS) is 14.7. The van der Waals surface area contributed by atoms with E-state index in [-0.39, 0.29) is 0 Å². The van der Waals surface area contributed by atoms with Crippen molar-refractivity contribution < 1.29 is 0 Å². The Morgan fingerprint density at radius 3 is 0.356 bits per heavy atom. The first-order valence-corrected chi connectivity index (χ1v) is 187. The second kappa shape index (κ2) is 77.0. The number of rotatable bonds is 49. The summed E-state index contributed by atoms with van der Waals surface area (Å²) in [6, 6.07) is 2.95. The van der Waals surface area contributed by atoms with Crippen LogP contribution in [0.5, 0.6) is 0 Å². The van der Waals surface area contributed by atoms with Crippen LogP contribution in [0.4, 0.5) is 0 Å². The van der Waals surface area contributed by atoms with Gasteiger partial charge < -0.3 is 0 Å². The maximum Gasteiger partial charge on any atom is 0.177 e. The van der Waals surface area contributed by atoms with Crippen LogP contribution in [0, 0.1) is 0 Å². The van der Waals surface area contributed by atoms with Crippen molar-refractivity contribution in [3.63, 3.8) is 0 Å². The molecule has 101 heteroatoms. The molecular formula is H103B8P93. The van der Waals surface area contributed by atoms with E-state index >= 15 is 0 Å². The van der Waals surface area contributed by atoms with Crippen molar-refractivity contribution in [2.75, 3.05) is 0 Å². The molecule has 54 unspecified atom stereocenters. The third-order valence-corrected chi connectivity index (χ3v) is 464. The summed E-state index contributed by atoms with van der Waals surface area (Å²) in [5.74, 6) is 0. The molecule has 0 aliphatic rings. The van der Waals surface area contributed by atoms with E-state index < -0.39 is 288 Å². The zero-order valence-corrected chi connectivity index (χ0v) is 149. The van der Waals surface area contributed by atoms with Gasteiger partial charge in [-0.15, -0.1) is 455 Å². The minimum atomic E-state index is -0.668. The van der Waals surface area contributed by atoms with Gasteiger partial charge in [0, 0.05) is 6.39 Å². The van der Waals surface area contributed by atoms with E-state index in [1.54, 1.807) is 0 Å². The van der Waals surface area contributed by atoms with Gasteiger partial charge in [-0.05, 0) is 217 Å². The summed E-state index contributed by atoms with van der Waals surface area (Å²) in [7, 11) is 186. The van der Waals surface area contributed by atoms with E-state index in [1.165, 1.54) is 0 Å². The molecule has 0 aliphatic heterocycles. The Bertz CT molecular complexity index is 1750. The van der Waals surface area contributed by atoms with Gasteiger partial charge in [0.2, 0.25) is 0 Å². The first-order valence-electron chi connectivity index (χ1n) is 24.5. The van der Waals surface area contributed by atoms with E-state index in [4.69, 9.17) is 0 Å². The van der Waals surface area contributed by atoms with Gasteiger partial charge in [0.05, 0.1) is 12.8 Å². The Labute approximate surface area is 788 Å². The maximum absolute atomic E-state index is 3.81. The van der Waals surface area contributed by atoms with Crippen LogP contribution in [0.15, 0.2) is 0 Å². The molecule has 0 N–H and O–H groups in total. The lowest BCUT2D eigenvalue weighted by Gasteiger charge is -2.61. The Morgan fingerprint density at radius 2 is 0.248 bits per heavy atom. The van der Waals surface area contributed by atoms with E-state index in [2.05, 4.69) is 455 Å². The molecule has 0 saturated carbocycles. The largest absolute Gasteiger partial charge is 0.177 e. The zero-order chi connectivity index (χ0) is 80.0. The summed E-state index contributed by atoms with van der Waals surface area (Å²) >= 11 is 0. The van der Waals surface area contributed by atoms with Crippen molar-refractivity contribution in [3.05, 3.63) is 0 Å². The number of hydrogen-bond acceptors (Lipinski definition) is 0. The molecule has 592 valence electrons. The van der Waals surface area contributed by atoms with E-state index in [0.717, 1.165) is 7.96 Å². The predicted molar refractivity (Wildman–Crippen MR) is 833 cm³/mol. The third-order valence-electron chi connectivity index (χ3n) is 11.8. The van der Waals surface area contributed by atoms with Gasteiger partial charge in [0.25, 0.3) is 0 Å². The lowest BCUT2D eigenvalue weighted by atomic mass is 8.65. The zero-order valence-electron chi connectivity index (χ0n) is 52.9. The molecule has 0 aliphatic carbocycles. The quantitative estimate of drug-likeness (QED) is 0.0421. The second-order valence-electron chi connectivity index (χ2n) is 18.3. The SMILES string of the molecule is PPP(P(P)P)P(B(B(B(B(B(P(P(P)P)P(P)P)P(P(P)P)P(P)P)B(P(P(P)P)P(P)P)P(P(P)P)P(P)P)B(P(P(P(P)P)P(P)P)P(P(P)P)P(P)P)P(P(P(P)P)P(P)P)P(P(P)P)P(P)P)B(P(P(P)P)P(P)P)P(P(P)P)P(P)P)P(P(P)P)P(P)P)P(P(P)P)P(P)P. The smallest absolute Gasteiger partial charge is 0.109 e. The highest BCUT2D eigenvalue weighted by atomic mass is 33.3. The molecule has 0 nitrogen and oxygen atoms in total. The van der Waals surface area contributed by atoms with Gasteiger partial charge in [0.15, 0.2) is 30.2 Å². The van der Waals surface area contributed by atoms with Crippen LogP contribution in [0.25, 0.3) is 0 Å². The maximum atomic E-state index is 3.81. The molecule has 0 spiro atoms. The lowest BCUT2D eigenvalue weighted by Crippen LogP contribution is -2.73. The predicted octanol–water partition coefficient (Wildman–Crippen LogP) is 49.5. The first-order chi connectivity index (χ1) is 46.0. The molecule has 0 bridgehead atoms. The molecular weight excluding hydrogens is 2970 g/mol. The van der Waals surface area contributed by atoms with E-state index in [0.29, 0.717) is 49.4 Å². The van der Waals surface area contributed by atoms with Gasteiger partial charge >= 0.3 is 0 Å². The lowest BCUT2D eigenvalue weighted by molar-refractivity contribution is 3.40. The average Bonchev–Trinajstić information content (AvgIpc) is 3.40. The van der Waals surface area contributed by atoms with Crippen molar-refractivity contribution in [2.24, 2.45) is 0 Å². The minimum absolute atomic E-state index is 0.417. The molecule has 0 rings (SSSR count). The van der Waals surface area contributed by atoms with Crippen LogP contribution in [0.3, 0.4) is 0 Å². The van der Waals surface area contributed by atoms with Crippen LogP contribution in [0.1, 0.15) is 0 Å². The fourth-order valence-electron chi connectivity index (χ4n) is 9.25. The highest BCUT2D eigenvalue weighted by Gasteiger charge is 2.72. The van der Waals surface area contributed by atoms with Gasteiger partial charge in [0.1, 0.15) is 0 Å². The van der Waals surface area contributed by atoms with Gasteiger partial charge in [-0.1, -0.05) is 79.7 Å². The van der Waals surface area contributed by atoms with Crippen LogP contribution in [-0.4, -0.2) is 49.4 Å². The highest BCUT2D eigenvalue weighted by Crippen LogP contribution is 3.30. The molecule has 0 fully saturated rings. The molecule has 0 aromatic carbocycles. The van der Waals surface area contributed by atoms with E-state index in [1.807, 2.05) is 0 Å². The Balaban J connectivity index is 14.8. The topological polar surface area (TPSA) is 0 Å². The fourth-order valence-corrected chi connectivity index (χ4v) is 790. The fraction of sp³-hybridized carbons (Fsp3) is 0. The molecule has 0 aromatic rings. The van der Waals surface area contributed by atoms with Crippen molar-refractivity contribution in [1.82, 2.24) is 0 Å². The summed E-state index contributed by atoms with van der Waals surface area (Å²) < 4.78 is 0. The molecule has 101 heavy (non-hydrogen) atoms. The first kappa shape index (κ1) is 142. The Morgan fingerprint density at radius 1 is 0.129 bits per heavy atom. The molecule has 0 saturated heterocycles. The summed E-state index contributed by atoms with van der Waals surface area (Å²) in [6.45, 7) is -15.8. The van der Waals surface area contributed by atoms with Crippen LogP contribution in [0.2, 0.25) is 0 Å². The van der Waals surface area contributed by atoms with Crippen LogP contribution >= 0.6 is 752 Å². The van der Waals surface area contributed by atoms with Gasteiger partial charge in [-0.2, -0.15) is 0 Å². The molecule has 0 radical (unpaired) electrons. The highest BCUT2D eigenvalue weighted by molar-refractivity contribution is 9.36. The van der Waals surface area contributed by atoms with Gasteiger partial charge in [-0.25, -0.2) is 0 Å². The van der Waals surface area contributed by atoms with Gasteiger partial charge in [-0.3, -0.25) is 0 Å². The van der Waals surface area contributed by atoms with E-state index in [9.17, 15) is 0 Å². The number of hydrogen-bond donors (Lipinski definition) is 0. The monoisotopic (exact) mass is 3070 g/mol.